The van der Waals surface area contributed by atoms with Crippen LogP contribution in [0.2, 0.25) is 0 Å². The molecule has 7 heteroatoms. The molecule has 0 unspecified atom stereocenters. The number of aryl methyl sites for hydroxylation is 1. The Morgan fingerprint density at radius 2 is 1.55 bits per heavy atom. The van der Waals surface area contributed by atoms with Crippen molar-refractivity contribution in [2.45, 2.75) is 24.8 Å². The Bertz CT molecular complexity index is 1180. The molecule has 1 aliphatic rings. The third-order valence-electron chi connectivity index (χ3n) is 5.59. The van der Waals surface area contributed by atoms with Gasteiger partial charge in [-0.3, -0.25) is 4.79 Å². The van der Waals surface area contributed by atoms with Gasteiger partial charge < -0.3 is 9.64 Å². The normalized spacial score (nSPS) is 16.3. The molecule has 1 saturated heterocycles. The third kappa shape index (κ3) is 4.57. The first-order valence-corrected chi connectivity index (χ1v) is 11.8. The smallest absolute Gasteiger partial charge is 0.263 e. The average molecular weight is 439 g/mol. The SMILES string of the molecule is Cc1ccc(S(=O)(=O)N2CCN(C(=O)[C@H](C)Oc3ccc4ccccc4c3)CC2)cc1. The highest BCUT2D eigenvalue weighted by Gasteiger charge is 2.32. The number of nitrogens with zero attached hydrogens (tertiary/aromatic N) is 2. The fraction of sp³-hybridized carbons (Fsp3) is 0.292. The van der Waals surface area contributed by atoms with Crippen molar-refractivity contribution in [3.8, 4) is 5.75 Å². The highest BCUT2D eigenvalue weighted by Crippen LogP contribution is 2.23. The second-order valence-corrected chi connectivity index (χ2v) is 9.75. The third-order valence-corrected chi connectivity index (χ3v) is 7.50. The minimum absolute atomic E-state index is 0.138. The van der Waals surface area contributed by atoms with Crippen molar-refractivity contribution in [3.05, 3.63) is 72.3 Å². The number of piperazine rings is 1. The molecule has 1 amide bonds. The Morgan fingerprint density at radius 3 is 2.23 bits per heavy atom. The lowest BCUT2D eigenvalue weighted by Gasteiger charge is -2.35. The van der Waals surface area contributed by atoms with Crippen LogP contribution in [0.25, 0.3) is 10.8 Å². The summed E-state index contributed by atoms with van der Waals surface area (Å²) < 4.78 is 33.0. The predicted octanol–water partition coefficient (Wildman–Crippen LogP) is 3.45. The molecule has 31 heavy (non-hydrogen) atoms. The highest BCUT2D eigenvalue weighted by molar-refractivity contribution is 7.89. The van der Waals surface area contributed by atoms with Gasteiger partial charge in [0.1, 0.15) is 5.75 Å². The first-order valence-electron chi connectivity index (χ1n) is 10.4. The molecule has 4 rings (SSSR count). The van der Waals surface area contributed by atoms with E-state index in [1.807, 2.05) is 49.4 Å². The molecular weight excluding hydrogens is 412 g/mol. The molecule has 0 aliphatic carbocycles. The predicted molar refractivity (Wildman–Crippen MR) is 121 cm³/mol. The lowest BCUT2D eigenvalue weighted by atomic mass is 10.1. The summed E-state index contributed by atoms with van der Waals surface area (Å²) in [6.07, 6.45) is -0.651. The number of carbonyl (C=O) groups excluding carboxylic acids is 1. The van der Waals surface area contributed by atoms with Crippen LogP contribution in [-0.4, -0.2) is 55.8 Å². The summed E-state index contributed by atoms with van der Waals surface area (Å²) in [5.41, 5.74) is 1.01. The van der Waals surface area contributed by atoms with Crippen LogP contribution in [0.5, 0.6) is 5.75 Å². The van der Waals surface area contributed by atoms with Crippen molar-refractivity contribution >= 4 is 26.7 Å². The van der Waals surface area contributed by atoms with E-state index < -0.39 is 16.1 Å². The van der Waals surface area contributed by atoms with Crippen LogP contribution >= 0.6 is 0 Å². The van der Waals surface area contributed by atoms with E-state index in [4.69, 9.17) is 4.74 Å². The fourth-order valence-electron chi connectivity index (χ4n) is 3.76. The Hall–Kier alpha value is -2.90. The van der Waals surface area contributed by atoms with Crippen molar-refractivity contribution < 1.29 is 17.9 Å². The van der Waals surface area contributed by atoms with E-state index in [9.17, 15) is 13.2 Å². The average Bonchev–Trinajstić information content (AvgIpc) is 2.79. The maximum absolute atomic E-state index is 12.9. The standard InChI is InChI=1S/C24H26N2O4S/c1-18-7-11-23(12-8-18)31(28,29)26-15-13-25(14-16-26)24(27)19(2)30-22-10-9-20-5-3-4-6-21(20)17-22/h3-12,17,19H,13-16H2,1-2H3/t19-/m0/s1. The summed E-state index contributed by atoms with van der Waals surface area (Å²) >= 11 is 0. The van der Waals surface area contributed by atoms with Crippen LogP contribution in [0.3, 0.4) is 0 Å². The molecular formula is C24H26N2O4S. The lowest BCUT2D eigenvalue weighted by molar-refractivity contribution is -0.139. The van der Waals surface area contributed by atoms with E-state index in [-0.39, 0.29) is 23.9 Å². The van der Waals surface area contributed by atoms with Crippen molar-refractivity contribution in [1.82, 2.24) is 9.21 Å². The summed E-state index contributed by atoms with van der Waals surface area (Å²) in [7, 11) is -3.55. The number of hydrogen-bond acceptors (Lipinski definition) is 4. The van der Waals surface area contributed by atoms with Gasteiger partial charge in [0.2, 0.25) is 10.0 Å². The number of hydrogen-bond donors (Lipinski definition) is 0. The Labute approximate surface area is 183 Å². The molecule has 0 bridgehead atoms. The topological polar surface area (TPSA) is 66.9 Å². The molecule has 0 saturated carbocycles. The van der Waals surface area contributed by atoms with Gasteiger partial charge in [0, 0.05) is 26.2 Å². The quantitative estimate of drug-likeness (QED) is 0.612. The maximum Gasteiger partial charge on any atom is 0.263 e. The minimum Gasteiger partial charge on any atom is -0.481 e. The van der Waals surface area contributed by atoms with Gasteiger partial charge >= 0.3 is 0 Å². The highest BCUT2D eigenvalue weighted by atomic mass is 32.2. The molecule has 1 fully saturated rings. The summed E-state index contributed by atoms with van der Waals surface area (Å²) in [4.78, 5) is 14.8. The first-order chi connectivity index (χ1) is 14.8. The van der Waals surface area contributed by atoms with Gasteiger partial charge in [-0.05, 0) is 48.9 Å². The first kappa shape index (κ1) is 21.3. The van der Waals surface area contributed by atoms with Crippen LogP contribution in [0.15, 0.2) is 71.6 Å². The molecule has 0 spiro atoms. The van der Waals surface area contributed by atoms with Gasteiger partial charge in [-0.2, -0.15) is 4.31 Å². The summed E-state index contributed by atoms with van der Waals surface area (Å²) in [6, 6.07) is 20.6. The number of ether oxygens (including phenoxy) is 1. The van der Waals surface area contributed by atoms with Gasteiger partial charge in [-0.1, -0.05) is 48.0 Å². The second kappa shape index (κ2) is 8.69. The van der Waals surface area contributed by atoms with E-state index in [1.54, 1.807) is 36.1 Å². The lowest BCUT2D eigenvalue weighted by Crippen LogP contribution is -2.53. The monoisotopic (exact) mass is 438 g/mol. The number of carbonyl (C=O) groups is 1. The van der Waals surface area contributed by atoms with Crippen LogP contribution in [0.1, 0.15) is 12.5 Å². The Morgan fingerprint density at radius 1 is 0.903 bits per heavy atom. The number of fused-ring (bicyclic) bond motifs is 1. The molecule has 0 aromatic heterocycles. The molecule has 3 aromatic rings. The van der Waals surface area contributed by atoms with E-state index in [0.717, 1.165) is 16.3 Å². The maximum atomic E-state index is 12.9. The molecule has 1 atom stereocenters. The van der Waals surface area contributed by atoms with Gasteiger partial charge in [-0.15, -0.1) is 0 Å². The second-order valence-electron chi connectivity index (χ2n) is 7.81. The summed E-state index contributed by atoms with van der Waals surface area (Å²) in [6.45, 7) is 4.87. The minimum atomic E-state index is -3.55. The zero-order valence-corrected chi connectivity index (χ0v) is 18.5. The molecule has 162 valence electrons. The number of rotatable bonds is 5. The van der Waals surface area contributed by atoms with E-state index >= 15 is 0 Å². The molecule has 0 radical (unpaired) electrons. The van der Waals surface area contributed by atoms with Gasteiger partial charge in [0.05, 0.1) is 4.90 Å². The van der Waals surface area contributed by atoms with E-state index in [0.29, 0.717) is 18.8 Å². The molecule has 1 aliphatic heterocycles. The number of amides is 1. The zero-order chi connectivity index (χ0) is 22.0. The van der Waals surface area contributed by atoms with Gasteiger partial charge in [-0.25, -0.2) is 8.42 Å². The molecule has 3 aromatic carbocycles. The van der Waals surface area contributed by atoms with E-state index in [2.05, 4.69) is 0 Å². The van der Waals surface area contributed by atoms with Gasteiger partial charge in [0.25, 0.3) is 5.91 Å². The zero-order valence-electron chi connectivity index (χ0n) is 17.7. The van der Waals surface area contributed by atoms with Crippen molar-refractivity contribution in [2.75, 3.05) is 26.2 Å². The van der Waals surface area contributed by atoms with Gasteiger partial charge in [0.15, 0.2) is 6.10 Å². The van der Waals surface area contributed by atoms with Crippen LogP contribution in [0, 0.1) is 6.92 Å². The molecule has 6 nitrogen and oxygen atoms in total. The van der Waals surface area contributed by atoms with Crippen LogP contribution in [-0.2, 0) is 14.8 Å². The number of benzene rings is 3. The van der Waals surface area contributed by atoms with Crippen molar-refractivity contribution in [1.29, 1.82) is 0 Å². The van der Waals surface area contributed by atoms with Crippen molar-refractivity contribution in [3.63, 3.8) is 0 Å². The largest absolute Gasteiger partial charge is 0.481 e. The number of sulfonamides is 1. The Kier molecular flexibility index (Phi) is 5.98. The van der Waals surface area contributed by atoms with Crippen LogP contribution < -0.4 is 4.74 Å². The fourth-order valence-corrected chi connectivity index (χ4v) is 5.18. The molecule has 1 heterocycles. The van der Waals surface area contributed by atoms with Crippen LogP contribution in [0.4, 0.5) is 0 Å². The Balaban J connectivity index is 1.37. The van der Waals surface area contributed by atoms with E-state index in [1.165, 1.54) is 4.31 Å². The molecule has 0 N–H and O–H groups in total. The summed E-state index contributed by atoms with van der Waals surface area (Å²) in [5, 5.41) is 2.16. The summed E-state index contributed by atoms with van der Waals surface area (Å²) in [5.74, 6) is 0.501. The van der Waals surface area contributed by atoms with Crippen molar-refractivity contribution in [2.24, 2.45) is 0 Å².